The van der Waals surface area contributed by atoms with E-state index in [1.165, 1.54) is 17.0 Å². The average Bonchev–Trinajstić information content (AvgIpc) is 2.48. The van der Waals surface area contributed by atoms with Gasteiger partial charge in [0.05, 0.1) is 5.02 Å². The van der Waals surface area contributed by atoms with Gasteiger partial charge in [0.15, 0.2) is 0 Å². The van der Waals surface area contributed by atoms with E-state index in [0.717, 1.165) is 6.07 Å². The van der Waals surface area contributed by atoms with Crippen molar-refractivity contribution in [2.75, 3.05) is 11.9 Å². The fourth-order valence-electron chi connectivity index (χ4n) is 1.81. The standard InChI is InChI=1S/C15H12ClFN2OS/c1-19(11-4-2-3-9(7-11)14(18)21)15(20)10-5-6-13(17)12(16)8-10/h2-8H,1H3,(H2,18,21). The molecular formula is C15H12ClFN2OS. The highest BCUT2D eigenvalue weighted by Crippen LogP contribution is 2.20. The maximum atomic E-state index is 13.1. The van der Waals surface area contributed by atoms with Gasteiger partial charge in [-0.1, -0.05) is 36.0 Å². The fraction of sp³-hybridized carbons (Fsp3) is 0.0667. The van der Waals surface area contributed by atoms with E-state index in [-0.39, 0.29) is 15.9 Å². The number of hydrogen-bond acceptors (Lipinski definition) is 2. The Bertz CT molecular complexity index is 721. The van der Waals surface area contributed by atoms with Gasteiger partial charge in [0.25, 0.3) is 5.91 Å². The van der Waals surface area contributed by atoms with Crippen molar-refractivity contribution in [3.8, 4) is 0 Å². The Balaban J connectivity index is 2.32. The van der Waals surface area contributed by atoms with Crippen LogP contribution in [0.25, 0.3) is 0 Å². The topological polar surface area (TPSA) is 46.3 Å². The third-order valence-electron chi connectivity index (χ3n) is 2.99. The van der Waals surface area contributed by atoms with Crippen LogP contribution in [0.5, 0.6) is 0 Å². The van der Waals surface area contributed by atoms with Crippen LogP contribution in [0.2, 0.25) is 5.02 Å². The first-order valence-electron chi connectivity index (χ1n) is 6.03. The molecule has 2 rings (SSSR count). The largest absolute Gasteiger partial charge is 0.389 e. The number of hydrogen-bond donors (Lipinski definition) is 1. The summed E-state index contributed by atoms with van der Waals surface area (Å²) < 4.78 is 13.1. The number of anilines is 1. The van der Waals surface area contributed by atoms with Gasteiger partial charge in [-0.2, -0.15) is 0 Å². The second-order valence-electron chi connectivity index (χ2n) is 4.41. The second-order valence-corrected chi connectivity index (χ2v) is 5.25. The van der Waals surface area contributed by atoms with Crippen LogP contribution < -0.4 is 10.6 Å². The van der Waals surface area contributed by atoms with Gasteiger partial charge in [-0.15, -0.1) is 0 Å². The lowest BCUT2D eigenvalue weighted by atomic mass is 10.1. The minimum Gasteiger partial charge on any atom is -0.389 e. The normalized spacial score (nSPS) is 10.2. The highest BCUT2D eigenvalue weighted by atomic mass is 35.5. The average molecular weight is 323 g/mol. The molecule has 3 nitrogen and oxygen atoms in total. The molecule has 0 saturated carbocycles. The number of rotatable bonds is 3. The van der Waals surface area contributed by atoms with Gasteiger partial charge in [0, 0.05) is 23.9 Å². The predicted molar refractivity (Wildman–Crippen MR) is 86.5 cm³/mol. The van der Waals surface area contributed by atoms with Crippen LogP contribution in [0.3, 0.4) is 0 Å². The van der Waals surface area contributed by atoms with E-state index in [9.17, 15) is 9.18 Å². The molecule has 0 aliphatic heterocycles. The Morgan fingerprint density at radius 3 is 2.57 bits per heavy atom. The van der Waals surface area contributed by atoms with Crippen LogP contribution in [0.4, 0.5) is 10.1 Å². The maximum Gasteiger partial charge on any atom is 0.258 e. The maximum absolute atomic E-state index is 13.1. The predicted octanol–water partition coefficient (Wildman–Crippen LogP) is 3.39. The molecule has 2 N–H and O–H groups in total. The van der Waals surface area contributed by atoms with E-state index in [4.69, 9.17) is 29.6 Å². The Morgan fingerprint density at radius 1 is 1.24 bits per heavy atom. The minimum absolute atomic E-state index is 0.0915. The minimum atomic E-state index is -0.564. The van der Waals surface area contributed by atoms with Crippen molar-refractivity contribution >= 4 is 40.4 Å². The molecule has 0 aromatic heterocycles. The van der Waals surface area contributed by atoms with Gasteiger partial charge in [-0.05, 0) is 30.3 Å². The number of benzene rings is 2. The SMILES string of the molecule is CN(C(=O)c1ccc(F)c(Cl)c1)c1cccc(C(N)=S)c1. The van der Waals surface area contributed by atoms with Gasteiger partial charge in [0.2, 0.25) is 0 Å². The quantitative estimate of drug-likeness (QED) is 0.881. The smallest absolute Gasteiger partial charge is 0.258 e. The molecular weight excluding hydrogens is 311 g/mol. The van der Waals surface area contributed by atoms with E-state index in [1.807, 2.05) is 0 Å². The molecule has 108 valence electrons. The lowest BCUT2D eigenvalue weighted by molar-refractivity contribution is 0.0993. The molecule has 6 heteroatoms. The summed E-state index contributed by atoms with van der Waals surface area (Å²) >= 11 is 10.6. The van der Waals surface area contributed by atoms with E-state index < -0.39 is 5.82 Å². The van der Waals surface area contributed by atoms with E-state index >= 15 is 0 Å². The first-order chi connectivity index (χ1) is 9.90. The van der Waals surface area contributed by atoms with Gasteiger partial charge in [-0.3, -0.25) is 4.79 Å². The van der Waals surface area contributed by atoms with Crippen LogP contribution in [-0.4, -0.2) is 17.9 Å². The van der Waals surface area contributed by atoms with Gasteiger partial charge in [0.1, 0.15) is 10.8 Å². The zero-order valence-corrected chi connectivity index (χ0v) is 12.7. The molecule has 0 unspecified atom stereocenters. The number of amides is 1. The van der Waals surface area contributed by atoms with E-state index in [2.05, 4.69) is 0 Å². The van der Waals surface area contributed by atoms with Gasteiger partial charge >= 0.3 is 0 Å². The first-order valence-corrected chi connectivity index (χ1v) is 6.81. The molecule has 2 aromatic carbocycles. The molecule has 0 aliphatic rings. The zero-order chi connectivity index (χ0) is 15.6. The van der Waals surface area contributed by atoms with E-state index in [1.54, 1.807) is 31.3 Å². The fourth-order valence-corrected chi connectivity index (χ4v) is 2.12. The molecule has 0 aliphatic carbocycles. The third-order valence-corrected chi connectivity index (χ3v) is 3.51. The summed E-state index contributed by atoms with van der Waals surface area (Å²) in [6, 6.07) is 10.8. The van der Waals surface area contributed by atoms with Gasteiger partial charge < -0.3 is 10.6 Å². The highest BCUT2D eigenvalue weighted by Gasteiger charge is 2.15. The van der Waals surface area contributed by atoms with Crippen LogP contribution in [-0.2, 0) is 0 Å². The molecule has 2 aromatic rings. The number of nitrogens with two attached hydrogens (primary N) is 1. The Hall–Kier alpha value is -1.98. The lowest BCUT2D eigenvalue weighted by Gasteiger charge is -2.18. The molecule has 0 fully saturated rings. The number of halogens is 2. The number of carbonyl (C=O) groups is 1. The molecule has 21 heavy (non-hydrogen) atoms. The molecule has 0 bridgehead atoms. The van der Waals surface area contributed by atoms with Crippen LogP contribution in [0.1, 0.15) is 15.9 Å². The van der Waals surface area contributed by atoms with Crippen molar-refractivity contribution in [3.05, 3.63) is 64.4 Å². The molecule has 0 atom stereocenters. The number of thiocarbonyl (C=S) groups is 1. The molecule has 0 spiro atoms. The lowest BCUT2D eigenvalue weighted by Crippen LogP contribution is -2.26. The van der Waals surface area contributed by atoms with Crippen molar-refractivity contribution in [3.63, 3.8) is 0 Å². The Kier molecular flexibility index (Phi) is 4.55. The van der Waals surface area contributed by atoms with Crippen LogP contribution in [0, 0.1) is 5.82 Å². The van der Waals surface area contributed by atoms with Crippen LogP contribution >= 0.6 is 23.8 Å². The summed E-state index contributed by atoms with van der Waals surface area (Å²) in [7, 11) is 1.61. The van der Waals surface area contributed by atoms with Crippen molar-refractivity contribution in [2.24, 2.45) is 5.73 Å². The monoisotopic (exact) mass is 322 g/mol. The molecule has 0 radical (unpaired) electrons. The second kappa shape index (κ2) is 6.20. The molecule has 0 saturated heterocycles. The highest BCUT2D eigenvalue weighted by molar-refractivity contribution is 7.80. The van der Waals surface area contributed by atoms with Crippen molar-refractivity contribution in [2.45, 2.75) is 0 Å². The number of nitrogens with zero attached hydrogens (tertiary/aromatic N) is 1. The van der Waals surface area contributed by atoms with E-state index in [0.29, 0.717) is 16.8 Å². The summed E-state index contributed by atoms with van der Waals surface area (Å²) in [5.74, 6) is -0.872. The Labute approximate surface area is 132 Å². The van der Waals surface area contributed by atoms with Crippen LogP contribution in [0.15, 0.2) is 42.5 Å². The van der Waals surface area contributed by atoms with Crippen molar-refractivity contribution < 1.29 is 9.18 Å². The van der Waals surface area contributed by atoms with Crippen molar-refractivity contribution in [1.82, 2.24) is 0 Å². The molecule has 1 amide bonds. The first kappa shape index (κ1) is 15.4. The number of carbonyl (C=O) groups excluding carboxylic acids is 1. The Morgan fingerprint density at radius 2 is 1.95 bits per heavy atom. The summed E-state index contributed by atoms with van der Waals surface area (Å²) in [5, 5.41) is -0.0915. The molecule has 0 heterocycles. The summed E-state index contributed by atoms with van der Waals surface area (Å²) in [5.41, 5.74) is 7.17. The zero-order valence-electron chi connectivity index (χ0n) is 11.1. The summed E-state index contributed by atoms with van der Waals surface area (Å²) in [6.45, 7) is 0. The summed E-state index contributed by atoms with van der Waals surface area (Å²) in [4.78, 5) is 14.0. The summed E-state index contributed by atoms with van der Waals surface area (Å²) in [6.07, 6.45) is 0. The van der Waals surface area contributed by atoms with Crippen molar-refractivity contribution in [1.29, 1.82) is 0 Å². The third kappa shape index (κ3) is 3.37. The van der Waals surface area contributed by atoms with Gasteiger partial charge in [-0.25, -0.2) is 4.39 Å².